The van der Waals surface area contributed by atoms with Crippen LogP contribution in [0, 0.1) is 34.8 Å². The van der Waals surface area contributed by atoms with Crippen molar-refractivity contribution in [1.29, 1.82) is 0 Å². The van der Waals surface area contributed by atoms with E-state index >= 15 is 0 Å². The fraction of sp³-hybridized carbons (Fsp3) is 0.571. The molecule has 0 saturated heterocycles. The van der Waals surface area contributed by atoms with Gasteiger partial charge in [-0.2, -0.15) is 0 Å². The van der Waals surface area contributed by atoms with Crippen LogP contribution in [-0.4, -0.2) is 20.8 Å². The number of aromatic nitrogens is 3. The minimum absolute atomic E-state index is 0.164. The summed E-state index contributed by atoms with van der Waals surface area (Å²) in [5.74, 6) is 1.33. The fourth-order valence-corrected chi connectivity index (χ4v) is 6.36. The Morgan fingerprint density at radius 1 is 1.11 bits per heavy atom. The first-order valence-corrected chi connectivity index (χ1v) is 9.85. The van der Waals surface area contributed by atoms with Crippen LogP contribution in [-0.2, 0) is 11.3 Å². The molecule has 4 nitrogen and oxygen atoms in total. The Balaban J connectivity index is 1.27. The molecule has 1 heterocycles. The number of nitrogens with zero attached hydrogens (tertiary/aromatic N) is 3. The molecule has 0 aliphatic heterocycles. The Labute approximate surface area is 157 Å². The molecular formula is C21H23F2N3O. The zero-order valence-electron chi connectivity index (χ0n) is 15.2. The maximum Gasteiger partial charge on any atom is 0.154 e. The highest BCUT2D eigenvalue weighted by molar-refractivity contribution is 5.79. The van der Waals surface area contributed by atoms with Gasteiger partial charge in [0.25, 0.3) is 0 Å². The lowest BCUT2D eigenvalue weighted by Gasteiger charge is -2.56. The topological polar surface area (TPSA) is 47.8 Å². The summed E-state index contributed by atoms with van der Waals surface area (Å²) in [6, 6.07) is 3.36. The number of ketones is 1. The summed E-state index contributed by atoms with van der Waals surface area (Å²) < 4.78 is 28.5. The standard InChI is InChI=1S/C21H23F2N3O/c22-16-1-2-18(19(23)6-16)20-12-26(25-24-20)11-17(27)10-21-7-13-3-14(8-21)5-15(4-13)9-21/h1-2,6,12-15H,3-5,7-11H2. The summed E-state index contributed by atoms with van der Waals surface area (Å²) in [7, 11) is 0. The molecule has 1 aromatic carbocycles. The van der Waals surface area contributed by atoms with Crippen molar-refractivity contribution in [2.75, 3.05) is 0 Å². The van der Waals surface area contributed by atoms with Gasteiger partial charge in [0, 0.05) is 18.1 Å². The van der Waals surface area contributed by atoms with Crippen molar-refractivity contribution in [2.45, 2.75) is 51.5 Å². The van der Waals surface area contributed by atoms with Crippen molar-refractivity contribution >= 4 is 5.78 Å². The van der Waals surface area contributed by atoms with Crippen LogP contribution in [0.25, 0.3) is 11.3 Å². The first-order valence-electron chi connectivity index (χ1n) is 9.85. The van der Waals surface area contributed by atoms with Crippen LogP contribution in [0.2, 0.25) is 0 Å². The van der Waals surface area contributed by atoms with Crippen molar-refractivity contribution in [3.05, 3.63) is 36.0 Å². The fourth-order valence-electron chi connectivity index (χ4n) is 6.36. The van der Waals surface area contributed by atoms with Crippen molar-refractivity contribution in [2.24, 2.45) is 23.2 Å². The van der Waals surface area contributed by atoms with E-state index in [4.69, 9.17) is 0 Å². The molecule has 2 aromatic rings. The molecule has 4 aliphatic carbocycles. The van der Waals surface area contributed by atoms with Crippen LogP contribution < -0.4 is 0 Å². The minimum atomic E-state index is -0.679. The second-order valence-electron chi connectivity index (χ2n) is 9.06. The van der Waals surface area contributed by atoms with Crippen LogP contribution in [0.1, 0.15) is 44.9 Å². The summed E-state index contributed by atoms with van der Waals surface area (Å²) >= 11 is 0. The number of hydrogen-bond acceptors (Lipinski definition) is 3. The lowest BCUT2D eigenvalue weighted by molar-refractivity contribution is -0.128. The Morgan fingerprint density at radius 2 is 1.78 bits per heavy atom. The summed E-state index contributed by atoms with van der Waals surface area (Å²) in [5.41, 5.74) is 0.712. The van der Waals surface area contributed by atoms with Crippen molar-refractivity contribution < 1.29 is 13.6 Å². The zero-order chi connectivity index (χ0) is 18.6. The van der Waals surface area contributed by atoms with Gasteiger partial charge >= 0.3 is 0 Å². The highest BCUT2D eigenvalue weighted by Gasteiger charge is 2.51. The highest BCUT2D eigenvalue weighted by atomic mass is 19.1. The maximum atomic E-state index is 13.9. The Hall–Kier alpha value is -2.11. The third kappa shape index (κ3) is 3.19. The second kappa shape index (κ2) is 6.21. The number of hydrogen-bond donors (Lipinski definition) is 0. The highest BCUT2D eigenvalue weighted by Crippen LogP contribution is 2.61. The smallest absolute Gasteiger partial charge is 0.154 e. The van der Waals surface area contributed by atoms with Gasteiger partial charge in [0.05, 0.1) is 6.20 Å². The summed E-state index contributed by atoms with van der Waals surface area (Å²) in [4.78, 5) is 12.7. The van der Waals surface area contributed by atoms with Gasteiger partial charge in [-0.05, 0) is 73.8 Å². The van der Waals surface area contributed by atoms with E-state index in [-0.39, 0.29) is 23.3 Å². The third-order valence-corrected chi connectivity index (χ3v) is 6.82. The first kappa shape index (κ1) is 17.0. The molecule has 27 heavy (non-hydrogen) atoms. The molecule has 0 N–H and O–H groups in total. The van der Waals surface area contributed by atoms with E-state index in [2.05, 4.69) is 10.3 Å². The van der Waals surface area contributed by atoms with E-state index in [1.165, 1.54) is 55.3 Å². The average molecular weight is 371 g/mol. The normalized spacial score (nSPS) is 31.4. The molecular weight excluding hydrogens is 348 g/mol. The zero-order valence-corrected chi connectivity index (χ0v) is 15.2. The van der Waals surface area contributed by atoms with Crippen LogP contribution in [0.5, 0.6) is 0 Å². The van der Waals surface area contributed by atoms with Gasteiger partial charge < -0.3 is 0 Å². The van der Waals surface area contributed by atoms with Gasteiger partial charge in [-0.25, -0.2) is 13.5 Å². The quantitative estimate of drug-likeness (QED) is 0.783. The Bertz CT molecular complexity index is 856. The molecule has 4 fully saturated rings. The van der Waals surface area contributed by atoms with Gasteiger partial charge in [-0.3, -0.25) is 4.79 Å². The van der Waals surface area contributed by atoms with Gasteiger partial charge in [0.1, 0.15) is 23.9 Å². The second-order valence-corrected chi connectivity index (χ2v) is 9.06. The third-order valence-electron chi connectivity index (χ3n) is 6.82. The number of Topliss-reactive ketones (excluding diaryl/α,β-unsaturated/α-hetero) is 1. The molecule has 0 radical (unpaired) electrons. The van der Waals surface area contributed by atoms with E-state index in [1.807, 2.05) is 0 Å². The number of benzene rings is 1. The van der Waals surface area contributed by atoms with E-state index in [0.717, 1.165) is 23.8 Å². The average Bonchev–Trinajstić information content (AvgIpc) is 3.00. The molecule has 0 atom stereocenters. The SMILES string of the molecule is O=C(Cn1cc(-c2ccc(F)cc2F)nn1)CC12CC3CC(CC(C3)C1)C2. The largest absolute Gasteiger partial charge is 0.298 e. The predicted molar refractivity (Wildman–Crippen MR) is 95.6 cm³/mol. The van der Waals surface area contributed by atoms with Crippen LogP contribution in [0.4, 0.5) is 8.78 Å². The Morgan fingerprint density at radius 3 is 2.41 bits per heavy atom. The molecule has 4 bridgehead atoms. The monoisotopic (exact) mass is 371 g/mol. The molecule has 4 saturated carbocycles. The van der Waals surface area contributed by atoms with Crippen molar-refractivity contribution in [1.82, 2.24) is 15.0 Å². The predicted octanol–water partition coefficient (Wildman–Crippen LogP) is 4.40. The summed E-state index contributed by atoms with van der Waals surface area (Å²) in [5, 5.41) is 7.93. The van der Waals surface area contributed by atoms with Crippen molar-refractivity contribution in [3.8, 4) is 11.3 Å². The molecule has 6 rings (SSSR count). The number of halogens is 2. The number of carbonyl (C=O) groups excluding carboxylic acids is 1. The number of carbonyl (C=O) groups is 1. The van der Waals surface area contributed by atoms with E-state index in [9.17, 15) is 13.6 Å². The summed E-state index contributed by atoms with van der Waals surface area (Å²) in [6.07, 6.45) is 9.89. The molecule has 4 aliphatic rings. The van der Waals surface area contributed by atoms with Gasteiger partial charge in [0.15, 0.2) is 5.78 Å². The Kier molecular flexibility index (Phi) is 3.92. The molecule has 1 aromatic heterocycles. The molecule has 0 spiro atoms. The van der Waals surface area contributed by atoms with Crippen LogP contribution >= 0.6 is 0 Å². The van der Waals surface area contributed by atoms with Crippen molar-refractivity contribution in [3.63, 3.8) is 0 Å². The van der Waals surface area contributed by atoms with E-state index in [1.54, 1.807) is 6.20 Å². The lowest BCUT2D eigenvalue weighted by atomic mass is 9.48. The molecule has 6 heteroatoms. The summed E-state index contributed by atoms with van der Waals surface area (Å²) in [6.45, 7) is 0.164. The van der Waals surface area contributed by atoms with Gasteiger partial charge in [-0.15, -0.1) is 5.10 Å². The lowest BCUT2D eigenvalue weighted by Crippen LogP contribution is -2.47. The molecule has 142 valence electrons. The van der Waals surface area contributed by atoms with Gasteiger partial charge in [-0.1, -0.05) is 5.21 Å². The molecule has 0 amide bonds. The first-order chi connectivity index (χ1) is 13.0. The van der Waals surface area contributed by atoms with E-state index in [0.29, 0.717) is 12.1 Å². The van der Waals surface area contributed by atoms with Crippen LogP contribution in [0.15, 0.2) is 24.4 Å². The molecule has 0 unspecified atom stereocenters. The number of rotatable bonds is 5. The van der Waals surface area contributed by atoms with E-state index < -0.39 is 11.6 Å². The maximum absolute atomic E-state index is 13.9. The minimum Gasteiger partial charge on any atom is -0.298 e. The van der Waals surface area contributed by atoms with Gasteiger partial charge in [0.2, 0.25) is 0 Å². The van der Waals surface area contributed by atoms with Crippen LogP contribution in [0.3, 0.4) is 0 Å².